The number of benzene rings is 1. The highest BCUT2D eigenvalue weighted by atomic mass is 32.2. The van der Waals surface area contributed by atoms with Crippen molar-refractivity contribution in [3.63, 3.8) is 0 Å². The van der Waals surface area contributed by atoms with E-state index in [9.17, 15) is 13.2 Å². The molecular formula is C20H19N7O4S. The van der Waals surface area contributed by atoms with Crippen molar-refractivity contribution in [3.05, 3.63) is 65.9 Å². The SMILES string of the molecule is Cc1ccc(-c2noc(C3CN(S(N)(=O)=O)C3)n2)cc1NC(=O)c1cnc2ccccn12. The van der Waals surface area contributed by atoms with Crippen LogP contribution in [0.5, 0.6) is 0 Å². The molecule has 3 N–H and O–H groups in total. The Morgan fingerprint density at radius 2 is 2.06 bits per heavy atom. The number of hydrogen-bond acceptors (Lipinski definition) is 7. The first-order chi connectivity index (χ1) is 15.3. The number of pyridine rings is 1. The fourth-order valence-corrected chi connectivity index (χ4v) is 4.28. The lowest BCUT2D eigenvalue weighted by molar-refractivity contribution is 0.102. The maximum Gasteiger partial charge on any atom is 0.276 e. The Morgan fingerprint density at radius 1 is 1.25 bits per heavy atom. The lowest BCUT2D eigenvalue weighted by atomic mass is 10.0. The quantitative estimate of drug-likeness (QED) is 0.465. The van der Waals surface area contributed by atoms with E-state index in [4.69, 9.17) is 9.66 Å². The molecule has 1 saturated heterocycles. The van der Waals surface area contributed by atoms with Crippen LogP contribution < -0.4 is 10.5 Å². The van der Waals surface area contributed by atoms with Gasteiger partial charge in [-0.2, -0.15) is 17.7 Å². The minimum absolute atomic E-state index is 0.200. The van der Waals surface area contributed by atoms with Crippen molar-refractivity contribution in [2.45, 2.75) is 12.8 Å². The molecule has 1 amide bonds. The summed E-state index contributed by atoms with van der Waals surface area (Å²) in [6.45, 7) is 2.29. The molecule has 1 fully saturated rings. The molecule has 0 saturated carbocycles. The van der Waals surface area contributed by atoms with Crippen molar-refractivity contribution in [1.29, 1.82) is 0 Å². The summed E-state index contributed by atoms with van der Waals surface area (Å²) in [7, 11) is -3.71. The van der Waals surface area contributed by atoms with E-state index in [0.717, 1.165) is 9.87 Å². The largest absolute Gasteiger partial charge is 0.339 e. The molecule has 164 valence electrons. The standard InChI is InChI=1S/C20H19N7O4S/c1-12-5-6-13(18-24-20(31-25-18)14-10-26(11-14)32(21,29)30)8-15(12)23-19(28)16-9-22-17-4-2-3-7-27(16)17/h2-9,14H,10-11H2,1H3,(H,23,28)(H2,21,29,30). The molecule has 0 unspecified atom stereocenters. The second-order valence-electron chi connectivity index (χ2n) is 7.57. The number of amides is 1. The van der Waals surface area contributed by atoms with Gasteiger partial charge < -0.3 is 9.84 Å². The van der Waals surface area contributed by atoms with Gasteiger partial charge in [0, 0.05) is 30.5 Å². The molecule has 4 aromatic rings. The van der Waals surface area contributed by atoms with E-state index in [2.05, 4.69) is 20.4 Å². The van der Waals surface area contributed by atoms with Gasteiger partial charge in [0.05, 0.1) is 12.1 Å². The number of rotatable bonds is 5. The van der Waals surface area contributed by atoms with Gasteiger partial charge in [-0.25, -0.2) is 10.1 Å². The van der Waals surface area contributed by atoms with Crippen LogP contribution in [0.4, 0.5) is 5.69 Å². The van der Waals surface area contributed by atoms with Gasteiger partial charge >= 0.3 is 0 Å². The van der Waals surface area contributed by atoms with Gasteiger partial charge in [0.1, 0.15) is 11.3 Å². The molecule has 1 aliphatic heterocycles. The van der Waals surface area contributed by atoms with E-state index in [1.165, 1.54) is 6.20 Å². The van der Waals surface area contributed by atoms with Gasteiger partial charge in [0.2, 0.25) is 11.7 Å². The van der Waals surface area contributed by atoms with Crippen molar-refractivity contribution in [1.82, 2.24) is 23.8 Å². The maximum atomic E-state index is 12.9. The molecule has 3 aromatic heterocycles. The molecule has 32 heavy (non-hydrogen) atoms. The number of imidazole rings is 1. The van der Waals surface area contributed by atoms with Crippen LogP contribution in [0.25, 0.3) is 17.0 Å². The molecule has 1 aliphatic rings. The van der Waals surface area contributed by atoms with Crippen LogP contribution in [0.15, 0.2) is 53.3 Å². The molecule has 0 spiro atoms. The van der Waals surface area contributed by atoms with Gasteiger partial charge in [-0.3, -0.25) is 9.20 Å². The van der Waals surface area contributed by atoms with Gasteiger partial charge in [0.25, 0.3) is 16.1 Å². The predicted molar refractivity (Wildman–Crippen MR) is 115 cm³/mol. The molecule has 4 heterocycles. The predicted octanol–water partition coefficient (Wildman–Crippen LogP) is 1.55. The van der Waals surface area contributed by atoms with E-state index in [1.807, 2.05) is 37.3 Å². The number of anilines is 1. The minimum atomic E-state index is -3.71. The van der Waals surface area contributed by atoms with Crippen molar-refractivity contribution < 1.29 is 17.7 Å². The molecule has 0 bridgehead atoms. The van der Waals surface area contributed by atoms with Crippen molar-refractivity contribution >= 4 is 27.5 Å². The second kappa shape index (κ2) is 7.51. The Bertz CT molecular complexity index is 1440. The van der Waals surface area contributed by atoms with Crippen LogP contribution in [0, 0.1) is 6.92 Å². The first-order valence-electron chi connectivity index (χ1n) is 9.75. The summed E-state index contributed by atoms with van der Waals surface area (Å²) >= 11 is 0. The molecule has 5 rings (SSSR count). The van der Waals surface area contributed by atoms with E-state index in [1.54, 1.807) is 16.7 Å². The van der Waals surface area contributed by atoms with Crippen molar-refractivity contribution in [3.8, 4) is 11.4 Å². The Morgan fingerprint density at radius 3 is 2.84 bits per heavy atom. The van der Waals surface area contributed by atoms with E-state index in [-0.39, 0.29) is 24.9 Å². The smallest absolute Gasteiger partial charge is 0.276 e. The molecule has 0 radical (unpaired) electrons. The highest BCUT2D eigenvalue weighted by molar-refractivity contribution is 7.86. The average Bonchev–Trinajstić information content (AvgIpc) is 3.35. The van der Waals surface area contributed by atoms with Gasteiger partial charge in [-0.15, -0.1) is 0 Å². The summed E-state index contributed by atoms with van der Waals surface area (Å²) in [5.74, 6) is 0.195. The van der Waals surface area contributed by atoms with Gasteiger partial charge in [-0.05, 0) is 30.7 Å². The van der Waals surface area contributed by atoms with Crippen LogP contribution >= 0.6 is 0 Å². The van der Waals surface area contributed by atoms with Gasteiger partial charge in [-0.1, -0.05) is 23.4 Å². The number of aryl methyl sites for hydroxylation is 1. The highest BCUT2D eigenvalue weighted by Crippen LogP contribution is 2.30. The van der Waals surface area contributed by atoms with Crippen LogP contribution in [0.3, 0.4) is 0 Å². The zero-order valence-electron chi connectivity index (χ0n) is 17.0. The van der Waals surface area contributed by atoms with E-state index < -0.39 is 10.2 Å². The average molecular weight is 453 g/mol. The van der Waals surface area contributed by atoms with Crippen LogP contribution in [0.2, 0.25) is 0 Å². The number of nitrogens with two attached hydrogens (primary N) is 1. The molecule has 1 aromatic carbocycles. The number of aromatic nitrogens is 4. The normalized spacial score (nSPS) is 15.1. The van der Waals surface area contributed by atoms with Crippen molar-refractivity contribution in [2.24, 2.45) is 5.14 Å². The Labute approximate surface area is 183 Å². The van der Waals surface area contributed by atoms with Crippen molar-refractivity contribution in [2.75, 3.05) is 18.4 Å². The third-order valence-electron chi connectivity index (χ3n) is 5.39. The summed E-state index contributed by atoms with van der Waals surface area (Å²) in [5, 5.41) is 12.0. The first kappa shape index (κ1) is 20.3. The Hall–Kier alpha value is -3.61. The van der Waals surface area contributed by atoms with Crippen LogP contribution in [-0.4, -0.2) is 51.2 Å². The lowest BCUT2D eigenvalue weighted by Crippen LogP contribution is -2.51. The highest BCUT2D eigenvalue weighted by Gasteiger charge is 2.38. The summed E-state index contributed by atoms with van der Waals surface area (Å²) in [6.07, 6.45) is 3.30. The summed E-state index contributed by atoms with van der Waals surface area (Å²) < 4.78 is 30.8. The molecular weight excluding hydrogens is 434 g/mol. The molecule has 11 nitrogen and oxygen atoms in total. The zero-order valence-corrected chi connectivity index (χ0v) is 17.8. The minimum Gasteiger partial charge on any atom is -0.339 e. The summed E-state index contributed by atoms with van der Waals surface area (Å²) in [5.41, 5.74) is 3.22. The Balaban J connectivity index is 1.36. The lowest BCUT2D eigenvalue weighted by Gasteiger charge is -2.34. The van der Waals surface area contributed by atoms with Crippen LogP contribution in [0.1, 0.15) is 27.9 Å². The third-order valence-corrected chi connectivity index (χ3v) is 6.41. The Kier molecular flexibility index (Phi) is 4.77. The number of hydrogen-bond donors (Lipinski definition) is 2. The monoisotopic (exact) mass is 453 g/mol. The fourth-order valence-electron chi connectivity index (χ4n) is 3.50. The second-order valence-corrected chi connectivity index (χ2v) is 9.12. The summed E-state index contributed by atoms with van der Waals surface area (Å²) in [4.78, 5) is 21.5. The van der Waals surface area contributed by atoms with E-state index >= 15 is 0 Å². The van der Waals surface area contributed by atoms with E-state index in [0.29, 0.717) is 34.3 Å². The first-order valence-corrected chi connectivity index (χ1v) is 11.3. The third kappa shape index (κ3) is 3.64. The van der Waals surface area contributed by atoms with Crippen LogP contribution in [-0.2, 0) is 10.2 Å². The molecule has 0 aliphatic carbocycles. The number of nitrogens with zero attached hydrogens (tertiary/aromatic N) is 5. The molecule has 0 atom stereocenters. The fraction of sp³-hybridized carbons (Fsp3) is 0.200. The van der Waals surface area contributed by atoms with Gasteiger partial charge in [0.15, 0.2) is 0 Å². The number of carbonyl (C=O) groups is 1. The summed E-state index contributed by atoms with van der Waals surface area (Å²) in [6, 6.07) is 10.9. The maximum absolute atomic E-state index is 12.9. The number of nitrogens with one attached hydrogen (secondary N) is 1. The number of fused-ring (bicyclic) bond motifs is 1. The zero-order chi connectivity index (χ0) is 22.5. The molecule has 12 heteroatoms. The number of carbonyl (C=O) groups excluding carboxylic acids is 1. The topological polar surface area (TPSA) is 149 Å².